The van der Waals surface area contributed by atoms with Gasteiger partial charge in [-0.2, -0.15) is 13.2 Å². The van der Waals surface area contributed by atoms with E-state index in [9.17, 15) is 17.6 Å². The van der Waals surface area contributed by atoms with Gasteiger partial charge in [-0.25, -0.2) is 14.2 Å². The molecule has 1 aliphatic heterocycles. The normalized spacial score (nSPS) is 14.0. The number of carbonyl (C=O) groups is 1. The number of anilines is 2. The summed E-state index contributed by atoms with van der Waals surface area (Å²) in [5.74, 6) is -2.32. The first-order valence-electron chi connectivity index (χ1n) is 7.70. The third kappa shape index (κ3) is 5.26. The van der Waals surface area contributed by atoms with Gasteiger partial charge < -0.3 is 21.1 Å². The molecule has 0 saturated carbocycles. The van der Waals surface area contributed by atoms with E-state index in [2.05, 4.69) is 20.2 Å². The zero-order valence-corrected chi connectivity index (χ0v) is 14.2. The zero-order valence-electron chi connectivity index (χ0n) is 14.2. The van der Waals surface area contributed by atoms with Crippen molar-refractivity contribution in [2.24, 2.45) is 0 Å². The first kappa shape index (κ1) is 20.4. The van der Waals surface area contributed by atoms with Crippen molar-refractivity contribution in [3.63, 3.8) is 0 Å². The van der Waals surface area contributed by atoms with Crippen LogP contribution in [-0.4, -0.2) is 53.4 Å². The number of benzene rings is 1. The SMILES string of the molecule is CN(c1cnc(-c2cc(N)ccc2F)cn1)C1CNC1.O=C(O)C(F)(F)F. The molecule has 0 atom stereocenters. The summed E-state index contributed by atoms with van der Waals surface area (Å²) >= 11 is 0. The minimum atomic E-state index is -5.08. The lowest BCUT2D eigenvalue weighted by Crippen LogP contribution is -2.56. The summed E-state index contributed by atoms with van der Waals surface area (Å²) in [6.45, 7) is 1.90. The second kappa shape index (κ2) is 8.16. The van der Waals surface area contributed by atoms with Gasteiger partial charge in [0.05, 0.1) is 24.1 Å². The zero-order chi connectivity index (χ0) is 20.2. The van der Waals surface area contributed by atoms with E-state index in [1.54, 1.807) is 18.5 Å². The van der Waals surface area contributed by atoms with E-state index in [1.165, 1.54) is 12.1 Å². The number of alkyl halides is 3. The molecule has 0 spiro atoms. The average molecular weight is 387 g/mol. The van der Waals surface area contributed by atoms with Gasteiger partial charge in [0, 0.05) is 31.4 Å². The fraction of sp³-hybridized carbons (Fsp3) is 0.312. The van der Waals surface area contributed by atoms with Crippen LogP contribution in [0.3, 0.4) is 0 Å². The highest BCUT2D eigenvalue weighted by Gasteiger charge is 2.38. The maximum Gasteiger partial charge on any atom is 0.490 e. The standard InChI is InChI=1S/C14H16FN5.C2HF3O2/c1-20(10-5-17-6-10)14-8-18-13(7-19-14)11-4-9(16)2-3-12(11)15;3-2(4,5)1(6)7/h2-4,7-8,10,17H,5-6,16H2,1H3;(H,6,7). The van der Waals surface area contributed by atoms with Crippen molar-refractivity contribution in [3.8, 4) is 11.3 Å². The molecule has 3 rings (SSSR count). The Bertz CT molecular complexity index is 794. The van der Waals surface area contributed by atoms with Gasteiger partial charge in [0.1, 0.15) is 11.6 Å². The molecule has 7 nitrogen and oxygen atoms in total. The Balaban J connectivity index is 0.000000321. The number of carboxylic acids is 1. The molecule has 2 aromatic rings. The van der Waals surface area contributed by atoms with Gasteiger partial charge in [-0.15, -0.1) is 0 Å². The Morgan fingerprint density at radius 1 is 1.30 bits per heavy atom. The van der Waals surface area contributed by atoms with Crippen molar-refractivity contribution < 1.29 is 27.5 Å². The first-order chi connectivity index (χ1) is 12.6. The smallest absolute Gasteiger partial charge is 0.475 e. The van der Waals surface area contributed by atoms with Crippen molar-refractivity contribution in [2.75, 3.05) is 30.8 Å². The van der Waals surface area contributed by atoms with Crippen molar-refractivity contribution in [3.05, 3.63) is 36.4 Å². The third-order valence-electron chi connectivity index (χ3n) is 3.82. The summed E-state index contributed by atoms with van der Waals surface area (Å²) in [6.07, 6.45) is -1.84. The molecule has 1 aromatic carbocycles. The predicted octanol–water partition coefficient (Wildman–Crippen LogP) is 1.91. The molecule has 0 amide bonds. The molecule has 0 radical (unpaired) electrons. The van der Waals surface area contributed by atoms with Gasteiger partial charge in [0.15, 0.2) is 0 Å². The van der Waals surface area contributed by atoms with Crippen LogP contribution in [0.15, 0.2) is 30.6 Å². The van der Waals surface area contributed by atoms with E-state index in [1.807, 2.05) is 7.05 Å². The first-order valence-corrected chi connectivity index (χ1v) is 7.70. The van der Waals surface area contributed by atoms with E-state index in [0.29, 0.717) is 23.0 Å². The predicted molar refractivity (Wildman–Crippen MR) is 90.6 cm³/mol. The number of aromatic nitrogens is 2. The summed E-state index contributed by atoms with van der Waals surface area (Å²) in [5.41, 5.74) is 7.04. The minimum Gasteiger partial charge on any atom is -0.475 e. The number of halogens is 4. The summed E-state index contributed by atoms with van der Waals surface area (Å²) in [4.78, 5) is 19.6. The Kier molecular flexibility index (Phi) is 6.16. The van der Waals surface area contributed by atoms with Crippen LogP contribution < -0.4 is 16.0 Å². The molecular weight excluding hydrogens is 370 g/mol. The maximum atomic E-state index is 13.8. The van der Waals surface area contributed by atoms with Crippen LogP contribution in [0.2, 0.25) is 0 Å². The number of nitrogens with two attached hydrogens (primary N) is 1. The van der Waals surface area contributed by atoms with Crippen LogP contribution in [0.5, 0.6) is 0 Å². The number of carboxylic acid groups (broad SMARTS) is 1. The van der Waals surface area contributed by atoms with Gasteiger partial charge in [-0.3, -0.25) is 4.98 Å². The minimum absolute atomic E-state index is 0.349. The molecule has 1 saturated heterocycles. The molecule has 4 N–H and O–H groups in total. The van der Waals surface area contributed by atoms with Crippen LogP contribution in [0.4, 0.5) is 29.1 Å². The fourth-order valence-corrected chi connectivity index (χ4v) is 2.12. The summed E-state index contributed by atoms with van der Waals surface area (Å²) in [5, 5.41) is 10.3. The summed E-state index contributed by atoms with van der Waals surface area (Å²) in [6, 6.07) is 4.88. The molecule has 0 unspecified atom stereocenters. The van der Waals surface area contributed by atoms with Crippen LogP contribution in [0, 0.1) is 5.82 Å². The number of nitrogens with one attached hydrogen (secondary N) is 1. The molecule has 0 aliphatic carbocycles. The molecule has 1 fully saturated rings. The quantitative estimate of drug-likeness (QED) is 0.546. The summed E-state index contributed by atoms with van der Waals surface area (Å²) < 4.78 is 45.5. The molecule has 1 aliphatic rings. The number of hydrogen-bond donors (Lipinski definition) is 3. The second-order valence-corrected chi connectivity index (χ2v) is 5.73. The average Bonchev–Trinajstić information content (AvgIpc) is 2.55. The molecule has 1 aromatic heterocycles. The molecule has 0 bridgehead atoms. The van der Waals surface area contributed by atoms with Crippen LogP contribution in [0.25, 0.3) is 11.3 Å². The summed E-state index contributed by atoms with van der Waals surface area (Å²) in [7, 11) is 1.98. The molecule has 2 heterocycles. The lowest BCUT2D eigenvalue weighted by molar-refractivity contribution is -0.192. The number of nitrogen functional groups attached to an aromatic ring is 1. The highest BCUT2D eigenvalue weighted by Crippen LogP contribution is 2.24. The topological polar surface area (TPSA) is 104 Å². The van der Waals surface area contributed by atoms with Crippen molar-refractivity contribution in [1.82, 2.24) is 15.3 Å². The highest BCUT2D eigenvalue weighted by molar-refractivity contribution is 5.73. The monoisotopic (exact) mass is 387 g/mol. The van der Waals surface area contributed by atoms with Gasteiger partial charge in [0.2, 0.25) is 0 Å². The van der Waals surface area contributed by atoms with E-state index in [4.69, 9.17) is 15.6 Å². The van der Waals surface area contributed by atoms with Crippen LogP contribution >= 0.6 is 0 Å². The van der Waals surface area contributed by atoms with E-state index < -0.39 is 12.1 Å². The molecule has 146 valence electrons. The Hall–Kier alpha value is -2.95. The van der Waals surface area contributed by atoms with Gasteiger partial charge in [-0.1, -0.05) is 0 Å². The van der Waals surface area contributed by atoms with Crippen molar-refractivity contribution in [2.45, 2.75) is 12.2 Å². The lowest BCUT2D eigenvalue weighted by Gasteiger charge is -2.36. The Morgan fingerprint density at radius 3 is 2.37 bits per heavy atom. The van der Waals surface area contributed by atoms with Gasteiger partial charge in [0.25, 0.3) is 0 Å². The Morgan fingerprint density at radius 2 is 1.93 bits per heavy atom. The third-order valence-corrected chi connectivity index (χ3v) is 3.82. The molecule has 11 heteroatoms. The van der Waals surface area contributed by atoms with Crippen LogP contribution in [-0.2, 0) is 4.79 Å². The van der Waals surface area contributed by atoms with Crippen molar-refractivity contribution >= 4 is 17.5 Å². The number of nitrogens with zero attached hydrogens (tertiary/aromatic N) is 3. The lowest BCUT2D eigenvalue weighted by atomic mass is 10.1. The number of likely N-dealkylation sites (N-methyl/N-ethyl adjacent to an activating group) is 1. The Labute approximate surface area is 151 Å². The van der Waals surface area contributed by atoms with Gasteiger partial charge in [-0.05, 0) is 18.2 Å². The maximum absolute atomic E-state index is 13.8. The number of hydrogen-bond acceptors (Lipinski definition) is 6. The number of rotatable bonds is 3. The van der Waals surface area contributed by atoms with E-state index in [0.717, 1.165) is 18.9 Å². The number of aliphatic carboxylic acids is 1. The second-order valence-electron chi connectivity index (χ2n) is 5.73. The van der Waals surface area contributed by atoms with E-state index >= 15 is 0 Å². The highest BCUT2D eigenvalue weighted by atomic mass is 19.4. The van der Waals surface area contributed by atoms with Crippen molar-refractivity contribution in [1.29, 1.82) is 0 Å². The molecule has 27 heavy (non-hydrogen) atoms. The van der Waals surface area contributed by atoms with E-state index in [-0.39, 0.29) is 5.82 Å². The fourth-order valence-electron chi connectivity index (χ4n) is 2.12. The van der Waals surface area contributed by atoms with Crippen LogP contribution in [0.1, 0.15) is 0 Å². The van der Waals surface area contributed by atoms with Gasteiger partial charge >= 0.3 is 12.1 Å². The molecular formula is C16H17F4N5O2. The largest absolute Gasteiger partial charge is 0.490 e.